The SMILES string of the molecule is N#Cc1ccc(SCC(O)CO)c(F)c1. The first-order valence-electron chi connectivity index (χ1n) is 4.28. The highest BCUT2D eigenvalue weighted by molar-refractivity contribution is 7.99. The Labute approximate surface area is 91.2 Å². The molecule has 0 aliphatic carbocycles. The first-order valence-corrected chi connectivity index (χ1v) is 5.27. The van der Waals surface area contributed by atoms with Crippen LogP contribution in [0.15, 0.2) is 23.1 Å². The monoisotopic (exact) mass is 227 g/mol. The van der Waals surface area contributed by atoms with Gasteiger partial charge in [-0.1, -0.05) is 0 Å². The predicted molar refractivity (Wildman–Crippen MR) is 54.9 cm³/mol. The normalized spacial score (nSPS) is 12.1. The highest BCUT2D eigenvalue weighted by atomic mass is 32.2. The van der Waals surface area contributed by atoms with Crippen molar-refractivity contribution in [2.45, 2.75) is 11.0 Å². The van der Waals surface area contributed by atoms with E-state index in [0.29, 0.717) is 4.90 Å². The molecule has 0 spiro atoms. The highest BCUT2D eigenvalue weighted by Crippen LogP contribution is 2.23. The summed E-state index contributed by atoms with van der Waals surface area (Å²) in [5.74, 6) is -0.261. The summed E-state index contributed by atoms with van der Waals surface area (Å²) in [6.07, 6.45) is -0.856. The van der Waals surface area contributed by atoms with Crippen molar-refractivity contribution in [1.82, 2.24) is 0 Å². The highest BCUT2D eigenvalue weighted by Gasteiger charge is 2.07. The summed E-state index contributed by atoms with van der Waals surface area (Å²) in [7, 11) is 0. The maximum absolute atomic E-state index is 13.3. The molecular formula is C10H10FNO2S. The zero-order chi connectivity index (χ0) is 11.3. The van der Waals surface area contributed by atoms with Crippen molar-refractivity contribution in [2.24, 2.45) is 0 Å². The van der Waals surface area contributed by atoms with Gasteiger partial charge in [0.15, 0.2) is 0 Å². The van der Waals surface area contributed by atoms with Gasteiger partial charge in [0, 0.05) is 10.6 Å². The molecule has 0 aliphatic heterocycles. The molecule has 0 amide bonds. The van der Waals surface area contributed by atoms with Crippen LogP contribution in [0.25, 0.3) is 0 Å². The van der Waals surface area contributed by atoms with Gasteiger partial charge < -0.3 is 10.2 Å². The lowest BCUT2D eigenvalue weighted by Gasteiger charge is -2.07. The Balaban J connectivity index is 2.67. The number of benzene rings is 1. The average Bonchev–Trinajstić information content (AvgIpc) is 2.26. The number of hydrogen-bond donors (Lipinski definition) is 2. The fourth-order valence-electron chi connectivity index (χ4n) is 0.926. The molecule has 0 fully saturated rings. The lowest BCUT2D eigenvalue weighted by molar-refractivity contribution is 0.113. The maximum atomic E-state index is 13.3. The Morgan fingerprint density at radius 1 is 1.53 bits per heavy atom. The van der Waals surface area contributed by atoms with Gasteiger partial charge in [-0.25, -0.2) is 4.39 Å². The number of thioether (sulfide) groups is 1. The van der Waals surface area contributed by atoms with Crippen molar-refractivity contribution >= 4 is 11.8 Å². The molecule has 0 radical (unpaired) electrons. The van der Waals surface area contributed by atoms with E-state index in [-0.39, 0.29) is 17.9 Å². The standard InChI is InChI=1S/C10H10FNO2S/c11-9-3-7(4-12)1-2-10(9)15-6-8(14)5-13/h1-3,8,13-14H,5-6H2. The van der Waals surface area contributed by atoms with E-state index in [1.807, 2.05) is 6.07 Å². The third-order valence-corrected chi connectivity index (χ3v) is 2.90. The molecule has 1 aromatic rings. The van der Waals surface area contributed by atoms with Crippen molar-refractivity contribution in [1.29, 1.82) is 5.26 Å². The predicted octanol–water partition coefficient (Wildman–Crippen LogP) is 1.14. The molecule has 3 nitrogen and oxygen atoms in total. The summed E-state index contributed by atoms with van der Waals surface area (Å²) in [5.41, 5.74) is 0.263. The summed E-state index contributed by atoms with van der Waals surface area (Å²) in [6, 6.07) is 5.98. The van der Waals surface area contributed by atoms with Gasteiger partial charge in [0.2, 0.25) is 0 Å². The van der Waals surface area contributed by atoms with Crippen LogP contribution in [0.5, 0.6) is 0 Å². The first-order chi connectivity index (χ1) is 7.17. The first kappa shape index (κ1) is 12.0. The van der Waals surface area contributed by atoms with E-state index in [1.54, 1.807) is 0 Å². The molecule has 1 aromatic carbocycles. The molecule has 1 rings (SSSR count). The number of rotatable bonds is 4. The Kier molecular flexibility index (Phi) is 4.56. The minimum Gasteiger partial charge on any atom is -0.394 e. The summed E-state index contributed by atoms with van der Waals surface area (Å²) < 4.78 is 13.3. The number of aliphatic hydroxyl groups excluding tert-OH is 2. The molecular weight excluding hydrogens is 217 g/mol. The average molecular weight is 227 g/mol. The molecule has 15 heavy (non-hydrogen) atoms. The quantitative estimate of drug-likeness (QED) is 0.757. The van der Waals surface area contributed by atoms with Gasteiger partial charge in [0.1, 0.15) is 5.82 Å². The van der Waals surface area contributed by atoms with E-state index in [1.165, 1.54) is 12.1 Å². The van der Waals surface area contributed by atoms with Gasteiger partial charge >= 0.3 is 0 Å². The number of hydrogen-bond acceptors (Lipinski definition) is 4. The molecule has 0 bridgehead atoms. The van der Waals surface area contributed by atoms with E-state index in [2.05, 4.69) is 0 Å². The van der Waals surface area contributed by atoms with Crippen LogP contribution in [-0.2, 0) is 0 Å². The van der Waals surface area contributed by atoms with Crippen LogP contribution in [0.3, 0.4) is 0 Å². The van der Waals surface area contributed by atoms with Crippen molar-refractivity contribution < 1.29 is 14.6 Å². The molecule has 0 aromatic heterocycles. The minimum absolute atomic E-state index is 0.222. The van der Waals surface area contributed by atoms with Crippen LogP contribution in [-0.4, -0.2) is 28.7 Å². The zero-order valence-electron chi connectivity index (χ0n) is 7.85. The second-order valence-electron chi connectivity index (χ2n) is 2.90. The second-order valence-corrected chi connectivity index (χ2v) is 3.97. The third-order valence-electron chi connectivity index (χ3n) is 1.70. The maximum Gasteiger partial charge on any atom is 0.138 e. The van der Waals surface area contributed by atoms with Gasteiger partial charge in [-0.15, -0.1) is 11.8 Å². The molecule has 0 saturated carbocycles. The van der Waals surface area contributed by atoms with Crippen LogP contribution in [0.2, 0.25) is 0 Å². The zero-order valence-corrected chi connectivity index (χ0v) is 8.67. The van der Waals surface area contributed by atoms with Gasteiger partial charge in [-0.05, 0) is 18.2 Å². The Bertz CT molecular complexity index is 378. The van der Waals surface area contributed by atoms with Gasteiger partial charge in [0.05, 0.1) is 24.3 Å². The van der Waals surface area contributed by atoms with Crippen LogP contribution >= 0.6 is 11.8 Å². The number of nitrogens with zero attached hydrogens (tertiary/aromatic N) is 1. The summed E-state index contributed by atoms with van der Waals surface area (Å²) in [5, 5.41) is 26.1. The van der Waals surface area contributed by atoms with Crippen LogP contribution in [0, 0.1) is 17.1 Å². The number of nitriles is 1. The molecule has 80 valence electrons. The van der Waals surface area contributed by atoms with Gasteiger partial charge in [0.25, 0.3) is 0 Å². The molecule has 1 atom stereocenters. The van der Waals surface area contributed by atoms with E-state index < -0.39 is 11.9 Å². The smallest absolute Gasteiger partial charge is 0.138 e. The molecule has 0 aliphatic rings. The van der Waals surface area contributed by atoms with Crippen LogP contribution in [0.4, 0.5) is 4.39 Å². The van der Waals surface area contributed by atoms with E-state index in [4.69, 9.17) is 15.5 Å². The Morgan fingerprint density at radius 3 is 2.80 bits per heavy atom. The largest absolute Gasteiger partial charge is 0.394 e. The number of aliphatic hydroxyl groups is 2. The van der Waals surface area contributed by atoms with Crippen LogP contribution < -0.4 is 0 Å². The van der Waals surface area contributed by atoms with Crippen molar-refractivity contribution in [3.05, 3.63) is 29.6 Å². The minimum atomic E-state index is -0.856. The lowest BCUT2D eigenvalue weighted by Crippen LogP contribution is -2.14. The van der Waals surface area contributed by atoms with Crippen LogP contribution in [0.1, 0.15) is 5.56 Å². The molecule has 0 heterocycles. The van der Waals surface area contributed by atoms with E-state index in [0.717, 1.165) is 17.8 Å². The second kappa shape index (κ2) is 5.71. The van der Waals surface area contributed by atoms with Crippen molar-refractivity contribution in [3.8, 4) is 6.07 Å². The third kappa shape index (κ3) is 3.51. The molecule has 1 unspecified atom stereocenters. The summed E-state index contributed by atoms with van der Waals surface area (Å²) in [4.78, 5) is 0.363. The van der Waals surface area contributed by atoms with E-state index in [9.17, 15) is 4.39 Å². The lowest BCUT2D eigenvalue weighted by atomic mass is 10.2. The molecule has 2 N–H and O–H groups in total. The van der Waals surface area contributed by atoms with Gasteiger partial charge in [-0.2, -0.15) is 5.26 Å². The Hall–Kier alpha value is -1.09. The van der Waals surface area contributed by atoms with Gasteiger partial charge in [-0.3, -0.25) is 0 Å². The Morgan fingerprint density at radius 2 is 2.27 bits per heavy atom. The summed E-state index contributed by atoms with van der Waals surface area (Å²) >= 11 is 1.10. The van der Waals surface area contributed by atoms with Crippen molar-refractivity contribution in [3.63, 3.8) is 0 Å². The van der Waals surface area contributed by atoms with E-state index >= 15 is 0 Å². The topological polar surface area (TPSA) is 64.2 Å². The fourth-order valence-corrected chi connectivity index (χ4v) is 1.76. The molecule has 0 saturated heterocycles. The number of halogens is 1. The molecule has 5 heteroatoms. The summed E-state index contributed by atoms with van der Waals surface area (Å²) in [6.45, 7) is -0.342. The fraction of sp³-hybridized carbons (Fsp3) is 0.300. The van der Waals surface area contributed by atoms with Crippen molar-refractivity contribution in [2.75, 3.05) is 12.4 Å².